The van der Waals surface area contributed by atoms with E-state index in [1.165, 1.54) is 11.3 Å². The summed E-state index contributed by atoms with van der Waals surface area (Å²) >= 11 is 1.33. The molecule has 1 amide bonds. The number of carbonyl (C=O) groups is 1. The number of nitrogens with one attached hydrogen (secondary N) is 1. The molecule has 0 saturated heterocycles. The second kappa shape index (κ2) is 7.96. The first-order valence-corrected chi connectivity index (χ1v) is 10.4. The van der Waals surface area contributed by atoms with E-state index in [9.17, 15) is 4.79 Å². The summed E-state index contributed by atoms with van der Waals surface area (Å²) in [6.45, 7) is 0.491. The lowest BCUT2D eigenvalue weighted by atomic mass is 10.1. The van der Waals surface area contributed by atoms with Gasteiger partial charge in [0.1, 0.15) is 10.5 Å². The molecular weight excluding hydrogens is 396 g/mol. The molecule has 0 bridgehead atoms. The van der Waals surface area contributed by atoms with Gasteiger partial charge in [-0.3, -0.25) is 4.79 Å². The van der Waals surface area contributed by atoms with Crippen molar-refractivity contribution in [3.8, 4) is 22.0 Å². The van der Waals surface area contributed by atoms with Crippen LogP contribution in [0.3, 0.4) is 0 Å². The number of imidazole rings is 1. The minimum atomic E-state index is -0.145. The predicted molar refractivity (Wildman–Crippen MR) is 116 cm³/mol. The minimum absolute atomic E-state index is 0.145. The Bertz CT molecular complexity index is 1260. The molecule has 4 heterocycles. The van der Waals surface area contributed by atoms with E-state index in [2.05, 4.69) is 15.3 Å². The summed E-state index contributed by atoms with van der Waals surface area (Å²) in [7, 11) is 0. The van der Waals surface area contributed by atoms with Gasteiger partial charge in [-0.15, -0.1) is 11.3 Å². The van der Waals surface area contributed by atoms with E-state index < -0.39 is 0 Å². The van der Waals surface area contributed by atoms with Crippen molar-refractivity contribution in [1.29, 1.82) is 0 Å². The number of aromatic nitrogens is 3. The van der Waals surface area contributed by atoms with Crippen LogP contribution >= 0.6 is 11.3 Å². The summed E-state index contributed by atoms with van der Waals surface area (Å²) in [6, 6.07) is 19.3. The Morgan fingerprint density at radius 1 is 1.03 bits per heavy atom. The fourth-order valence-electron chi connectivity index (χ4n) is 3.26. The highest BCUT2D eigenvalue weighted by Crippen LogP contribution is 2.34. The van der Waals surface area contributed by atoms with Gasteiger partial charge in [-0.1, -0.05) is 36.4 Å². The molecule has 0 fully saturated rings. The van der Waals surface area contributed by atoms with Crippen molar-refractivity contribution in [3.05, 3.63) is 89.9 Å². The second-order valence-electron chi connectivity index (χ2n) is 6.74. The van der Waals surface area contributed by atoms with Gasteiger partial charge >= 0.3 is 0 Å². The van der Waals surface area contributed by atoms with Crippen LogP contribution in [0.1, 0.15) is 15.4 Å². The Hall–Kier alpha value is -3.71. The largest absolute Gasteiger partial charge is 0.462 e. The van der Waals surface area contributed by atoms with Crippen molar-refractivity contribution >= 4 is 22.9 Å². The van der Waals surface area contributed by atoms with Crippen LogP contribution in [0.5, 0.6) is 0 Å². The number of rotatable bonds is 6. The Kier molecular flexibility index (Phi) is 4.86. The van der Waals surface area contributed by atoms with Gasteiger partial charge in [-0.2, -0.15) is 0 Å². The number of fused-ring (bicyclic) bond motifs is 1. The number of carbonyl (C=O) groups excluding carboxylic acids is 1. The first kappa shape index (κ1) is 18.3. The number of pyridine rings is 1. The molecule has 0 spiro atoms. The molecule has 0 aliphatic rings. The summed E-state index contributed by atoms with van der Waals surface area (Å²) in [5.41, 5.74) is 3.40. The van der Waals surface area contributed by atoms with Crippen molar-refractivity contribution in [2.24, 2.45) is 0 Å². The molecule has 1 aromatic carbocycles. The normalized spacial score (nSPS) is 11.1. The molecule has 4 aromatic heterocycles. The fourth-order valence-corrected chi connectivity index (χ4v) is 4.24. The van der Waals surface area contributed by atoms with E-state index in [0.717, 1.165) is 16.9 Å². The van der Waals surface area contributed by atoms with Crippen LogP contribution < -0.4 is 5.32 Å². The highest BCUT2D eigenvalue weighted by Gasteiger charge is 2.21. The molecule has 0 aliphatic carbocycles. The molecule has 0 saturated carbocycles. The Morgan fingerprint density at radius 2 is 1.90 bits per heavy atom. The minimum Gasteiger partial charge on any atom is -0.462 e. The van der Waals surface area contributed by atoms with Crippen LogP contribution in [0.15, 0.2) is 83.7 Å². The van der Waals surface area contributed by atoms with Crippen molar-refractivity contribution in [2.45, 2.75) is 6.42 Å². The molecular formula is C23H18N4O2S. The van der Waals surface area contributed by atoms with Gasteiger partial charge in [0, 0.05) is 30.9 Å². The number of hydrogen-bond acceptors (Lipinski definition) is 5. The number of benzene rings is 1. The van der Waals surface area contributed by atoms with Crippen LogP contribution in [0, 0.1) is 0 Å². The first-order chi connectivity index (χ1) is 14.8. The van der Waals surface area contributed by atoms with E-state index in [1.807, 2.05) is 77.5 Å². The van der Waals surface area contributed by atoms with Gasteiger partial charge in [-0.25, -0.2) is 9.97 Å². The summed E-state index contributed by atoms with van der Waals surface area (Å²) in [5, 5.41) is 3.70. The van der Waals surface area contributed by atoms with Gasteiger partial charge in [0.15, 0.2) is 10.8 Å². The van der Waals surface area contributed by atoms with Crippen LogP contribution in [0.2, 0.25) is 0 Å². The Labute approximate surface area is 176 Å². The van der Waals surface area contributed by atoms with Crippen molar-refractivity contribution in [3.63, 3.8) is 0 Å². The summed E-state index contributed by atoms with van der Waals surface area (Å²) < 4.78 is 7.45. The van der Waals surface area contributed by atoms with Crippen LogP contribution in [0.25, 0.3) is 27.7 Å². The smallest absolute Gasteiger partial charge is 0.263 e. The lowest BCUT2D eigenvalue weighted by Gasteiger charge is -2.04. The highest BCUT2D eigenvalue weighted by atomic mass is 32.1. The van der Waals surface area contributed by atoms with Gasteiger partial charge in [-0.05, 0) is 24.3 Å². The Balaban J connectivity index is 1.36. The molecule has 0 radical (unpaired) electrons. The molecule has 6 nitrogen and oxygen atoms in total. The summed E-state index contributed by atoms with van der Waals surface area (Å²) in [4.78, 5) is 22.8. The van der Waals surface area contributed by atoms with Crippen LogP contribution in [-0.4, -0.2) is 26.8 Å². The van der Waals surface area contributed by atoms with E-state index in [0.29, 0.717) is 34.3 Å². The molecule has 148 valence electrons. The molecule has 1 N–H and O–H groups in total. The average molecular weight is 414 g/mol. The maximum absolute atomic E-state index is 13.0. The quantitative estimate of drug-likeness (QED) is 0.437. The number of hydrogen-bond donors (Lipinski definition) is 1. The maximum Gasteiger partial charge on any atom is 0.263 e. The zero-order chi connectivity index (χ0) is 20.3. The number of thiazole rings is 1. The van der Waals surface area contributed by atoms with Crippen molar-refractivity contribution in [1.82, 2.24) is 19.7 Å². The lowest BCUT2D eigenvalue weighted by Crippen LogP contribution is -2.25. The first-order valence-electron chi connectivity index (χ1n) is 9.59. The topological polar surface area (TPSA) is 72.4 Å². The van der Waals surface area contributed by atoms with E-state index >= 15 is 0 Å². The summed E-state index contributed by atoms with van der Waals surface area (Å²) in [5.74, 6) is 0.508. The average Bonchev–Trinajstić information content (AvgIpc) is 3.52. The molecule has 7 heteroatoms. The van der Waals surface area contributed by atoms with E-state index in [1.54, 1.807) is 6.26 Å². The standard InChI is InChI=1S/C23H18N4O2S/c28-22(24-12-11-17-15-27-13-5-4-10-19(27)25-17)21-20(16-7-2-1-3-8-16)26-23(30-21)18-9-6-14-29-18/h1-10,13-15H,11-12H2,(H,24,28). The second-order valence-corrected chi connectivity index (χ2v) is 7.74. The van der Waals surface area contributed by atoms with Crippen molar-refractivity contribution < 1.29 is 9.21 Å². The number of amides is 1. The van der Waals surface area contributed by atoms with Gasteiger partial charge in [0.05, 0.1) is 17.7 Å². The molecule has 5 rings (SSSR count). The van der Waals surface area contributed by atoms with E-state index in [-0.39, 0.29) is 5.91 Å². The zero-order valence-corrected chi connectivity index (χ0v) is 16.8. The molecule has 0 aliphatic heterocycles. The number of nitrogens with zero attached hydrogens (tertiary/aromatic N) is 3. The third kappa shape index (κ3) is 3.62. The maximum atomic E-state index is 13.0. The molecule has 30 heavy (non-hydrogen) atoms. The van der Waals surface area contributed by atoms with Crippen LogP contribution in [-0.2, 0) is 6.42 Å². The van der Waals surface area contributed by atoms with Gasteiger partial charge in [0.2, 0.25) is 0 Å². The van der Waals surface area contributed by atoms with Gasteiger partial charge < -0.3 is 14.1 Å². The third-order valence-corrected chi connectivity index (χ3v) is 5.76. The fraction of sp³-hybridized carbons (Fsp3) is 0.0870. The monoisotopic (exact) mass is 414 g/mol. The molecule has 5 aromatic rings. The molecule has 0 atom stereocenters. The Morgan fingerprint density at radius 3 is 2.70 bits per heavy atom. The summed E-state index contributed by atoms with van der Waals surface area (Å²) in [6.07, 6.45) is 6.20. The van der Waals surface area contributed by atoms with Crippen LogP contribution in [0.4, 0.5) is 0 Å². The predicted octanol–water partition coefficient (Wildman–Crippen LogP) is 4.69. The van der Waals surface area contributed by atoms with Crippen molar-refractivity contribution in [2.75, 3.05) is 6.54 Å². The number of furan rings is 1. The zero-order valence-electron chi connectivity index (χ0n) is 16.0. The lowest BCUT2D eigenvalue weighted by molar-refractivity contribution is 0.0958. The SMILES string of the molecule is O=C(NCCc1cn2ccccc2n1)c1sc(-c2ccco2)nc1-c1ccccc1. The van der Waals surface area contributed by atoms with Gasteiger partial charge in [0.25, 0.3) is 5.91 Å². The highest BCUT2D eigenvalue weighted by molar-refractivity contribution is 7.17. The molecule has 0 unspecified atom stereocenters. The third-order valence-electron chi connectivity index (χ3n) is 4.69. The van der Waals surface area contributed by atoms with E-state index in [4.69, 9.17) is 4.42 Å².